The lowest BCUT2D eigenvalue weighted by Crippen LogP contribution is -1.96. The average Bonchev–Trinajstić information content (AvgIpc) is 2.96. The first kappa shape index (κ1) is 13.7. The van der Waals surface area contributed by atoms with Crippen LogP contribution >= 0.6 is 11.6 Å². The number of para-hydroxylation sites is 1. The highest BCUT2D eigenvalue weighted by atomic mass is 35.5. The van der Waals surface area contributed by atoms with Crippen LogP contribution in [0, 0.1) is 6.92 Å². The lowest BCUT2D eigenvalue weighted by Gasteiger charge is -2.06. The highest BCUT2D eigenvalue weighted by molar-refractivity contribution is 6.30. The molecular weight excluding hydrogens is 286 g/mol. The van der Waals surface area contributed by atoms with Crippen molar-refractivity contribution in [3.8, 4) is 17.1 Å². The number of ether oxygens (including phenoxy) is 1. The van der Waals surface area contributed by atoms with Crippen molar-refractivity contribution < 1.29 is 9.15 Å². The second kappa shape index (κ2) is 6.02. The molecular formula is C17H14ClNO2. The van der Waals surface area contributed by atoms with E-state index >= 15 is 0 Å². The molecule has 21 heavy (non-hydrogen) atoms. The predicted molar refractivity (Wildman–Crippen MR) is 82.5 cm³/mol. The summed E-state index contributed by atoms with van der Waals surface area (Å²) < 4.78 is 11.4. The van der Waals surface area contributed by atoms with Gasteiger partial charge in [-0.15, -0.1) is 0 Å². The van der Waals surface area contributed by atoms with Crippen molar-refractivity contribution in [3.05, 3.63) is 71.2 Å². The first-order valence-electron chi connectivity index (χ1n) is 6.61. The van der Waals surface area contributed by atoms with Gasteiger partial charge in [0.1, 0.15) is 5.75 Å². The minimum absolute atomic E-state index is 0.304. The van der Waals surface area contributed by atoms with Crippen LogP contribution in [0.2, 0.25) is 5.02 Å². The SMILES string of the molecule is Cc1ccccc1OCc1ncc(-c2ccc(Cl)cc2)o1. The molecule has 0 aliphatic carbocycles. The minimum atomic E-state index is 0.304. The smallest absolute Gasteiger partial charge is 0.232 e. The summed E-state index contributed by atoms with van der Waals surface area (Å²) >= 11 is 5.87. The van der Waals surface area contributed by atoms with Gasteiger partial charge in [0.2, 0.25) is 5.89 Å². The Kier molecular flexibility index (Phi) is 3.93. The fourth-order valence-electron chi connectivity index (χ4n) is 1.98. The number of hydrogen-bond donors (Lipinski definition) is 0. The molecule has 3 aromatic rings. The standard InChI is InChI=1S/C17H14ClNO2/c1-12-4-2-3-5-15(12)20-11-17-19-10-16(21-17)13-6-8-14(18)9-7-13/h2-10H,11H2,1H3. The quantitative estimate of drug-likeness (QED) is 0.688. The summed E-state index contributed by atoms with van der Waals surface area (Å²) in [7, 11) is 0. The normalized spacial score (nSPS) is 10.6. The summed E-state index contributed by atoms with van der Waals surface area (Å²) in [5.74, 6) is 2.09. The molecule has 0 saturated carbocycles. The summed E-state index contributed by atoms with van der Waals surface area (Å²) in [5.41, 5.74) is 2.02. The molecule has 2 aromatic carbocycles. The largest absolute Gasteiger partial charge is 0.484 e. The third kappa shape index (κ3) is 3.26. The maximum atomic E-state index is 5.87. The Hall–Kier alpha value is -2.26. The van der Waals surface area contributed by atoms with Crippen molar-refractivity contribution in [2.75, 3.05) is 0 Å². The van der Waals surface area contributed by atoms with Gasteiger partial charge < -0.3 is 9.15 Å². The van der Waals surface area contributed by atoms with Crippen LogP contribution in [0.1, 0.15) is 11.5 Å². The van der Waals surface area contributed by atoms with E-state index in [4.69, 9.17) is 20.8 Å². The van der Waals surface area contributed by atoms with E-state index in [-0.39, 0.29) is 0 Å². The molecule has 0 radical (unpaired) electrons. The maximum Gasteiger partial charge on any atom is 0.232 e. The second-order valence-electron chi connectivity index (χ2n) is 4.68. The zero-order valence-corrected chi connectivity index (χ0v) is 12.3. The second-order valence-corrected chi connectivity index (χ2v) is 5.12. The molecule has 0 saturated heterocycles. The van der Waals surface area contributed by atoms with Gasteiger partial charge in [-0.2, -0.15) is 0 Å². The molecule has 106 valence electrons. The number of aryl methyl sites for hydroxylation is 1. The lowest BCUT2D eigenvalue weighted by atomic mass is 10.2. The third-order valence-corrected chi connectivity index (χ3v) is 3.38. The molecule has 1 heterocycles. The third-order valence-electron chi connectivity index (χ3n) is 3.13. The predicted octanol–water partition coefficient (Wildman–Crippen LogP) is 4.88. The van der Waals surface area contributed by atoms with E-state index in [1.54, 1.807) is 6.20 Å². The topological polar surface area (TPSA) is 35.3 Å². The van der Waals surface area contributed by atoms with E-state index in [0.717, 1.165) is 16.9 Å². The van der Waals surface area contributed by atoms with Crippen molar-refractivity contribution >= 4 is 11.6 Å². The summed E-state index contributed by atoms with van der Waals surface area (Å²) in [6.07, 6.45) is 1.69. The van der Waals surface area contributed by atoms with E-state index in [2.05, 4.69) is 4.98 Å². The molecule has 0 spiro atoms. The molecule has 3 rings (SSSR count). The number of nitrogens with zero attached hydrogens (tertiary/aromatic N) is 1. The van der Waals surface area contributed by atoms with Gasteiger partial charge in [0, 0.05) is 10.6 Å². The van der Waals surface area contributed by atoms with Gasteiger partial charge in [-0.05, 0) is 42.8 Å². The first-order chi connectivity index (χ1) is 10.2. The number of rotatable bonds is 4. The summed E-state index contributed by atoms with van der Waals surface area (Å²) in [6, 6.07) is 15.3. The highest BCUT2D eigenvalue weighted by Gasteiger charge is 2.07. The van der Waals surface area contributed by atoms with Crippen LogP contribution in [0.25, 0.3) is 11.3 Å². The van der Waals surface area contributed by atoms with Gasteiger partial charge in [0.25, 0.3) is 0 Å². The van der Waals surface area contributed by atoms with E-state index < -0.39 is 0 Å². The molecule has 0 fully saturated rings. The molecule has 0 aliphatic heterocycles. The van der Waals surface area contributed by atoms with Crippen molar-refractivity contribution in [3.63, 3.8) is 0 Å². The Morgan fingerprint density at radius 1 is 1.10 bits per heavy atom. The van der Waals surface area contributed by atoms with Gasteiger partial charge in [0.05, 0.1) is 6.20 Å². The van der Waals surface area contributed by atoms with Gasteiger partial charge in [-0.25, -0.2) is 4.98 Å². The number of halogens is 1. The van der Waals surface area contributed by atoms with Gasteiger partial charge in [0.15, 0.2) is 12.4 Å². The van der Waals surface area contributed by atoms with E-state index in [9.17, 15) is 0 Å². The molecule has 0 atom stereocenters. The van der Waals surface area contributed by atoms with Gasteiger partial charge in [-0.1, -0.05) is 29.8 Å². The zero-order chi connectivity index (χ0) is 14.7. The number of aromatic nitrogens is 1. The number of hydrogen-bond acceptors (Lipinski definition) is 3. The molecule has 0 unspecified atom stereocenters. The fraction of sp³-hybridized carbons (Fsp3) is 0.118. The molecule has 0 bridgehead atoms. The minimum Gasteiger partial charge on any atom is -0.484 e. The fourth-order valence-corrected chi connectivity index (χ4v) is 2.11. The van der Waals surface area contributed by atoms with E-state index in [1.807, 2.05) is 55.5 Å². The van der Waals surface area contributed by atoms with Crippen LogP contribution in [0.4, 0.5) is 0 Å². The van der Waals surface area contributed by atoms with Crippen molar-refractivity contribution in [1.82, 2.24) is 4.98 Å². The van der Waals surface area contributed by atoms with Gasteiger partial charge >= 0.3 is 0 Å². The van der Waals surface area contributed by atoms with Crippen LogP contribution in [0.3, 0.4) is 0 Å². The van der Waals surface area contributed by atoms with Crippen molar-refractivity contribution in [1.29, 1.82) is 0 Å². The Morgan fingerprint density at radius 3 is 2.62 bits per heavy atom. The molecule has 0 aliphatic rings. The Labute approximate surface area is 128 Å². The summed E-state index contributed by atoms with van der Waals surface area (Å²) in [4.78, 5) is 4.24. The van der Waals surface area contributed by atoms with Crippen LogP contribution in [-0.2, 0) is 6.61 Å². The Morgan fingerprint density at radius 2 is 1.86 bits per heavy atom. The van der Waals surface area contributed by atoms with Crippen LogP contribution in [0.5, 0.6) is 5.75 Å². The highest BCUT2D eigenvalue weighted by Crippen LogP contribution is 2.23. The zero-order valence-electron chi connectivity index (χ0n) is 11.5. The lowest BCUT2D eigenvalue weighted by molar-refractivity contribution is 0.263. The van der Waals surface area contributed by atoms with Crippen molar-refractivity contribution in [2.24, 2.45) is 0 Å². The Balaban J connectivity index is 1.71. The molecule has 0 amide bonds. The summed E-state index contributed by atoms with van der Waals surface area (Å²) in [5, 5.41) is 0.696. The van der Waals surface area contributed by atoms with E-state index in [1.165, 1.54) is 0 Å². The van der Waals surface area contributed by atoms with E-state index in [0.29, 0.717) is 23.3 Å². The first-order valence-corrected chi connectivity index (χ1v) is 6.99. The van der Waals surface area contributed by atoms with Crippen LogP contribution in [0.15, 0.2) is 59.1 Å². The summed E-state index contributed by atoms with van der Waals surface area (Å²) in [6.45, 7) is 2.31. The average molecular weight is 300 g/mol. The Bertz CT molecular complexity index is 735. The number of oxazole rings is 1. The molecule has 3 nitrogen and oxygen atoms in total. The molecule has 4 heteroatoms. The van der Waals surface area contributed by atoms with Gasteiger partial charge in [-0.3, -0.25) is 0 Å². The molecule has 1 aromatic heterocycles. The monoisotopic (exact) mass is 299 g/mol. The number of benzene rings is 2. The maximum absolute atomic E-state index is 5.87. The van der Waals surface area contributed by atoms with Crippen LogP contribution < -0.4 is 4.74 Å². The van der Waals surface area contributed by atoms with Crippen molar-refractivity contribution in [2.45, 2.75) is 13.5 Å². The molecule has 0 N–H and O–H groups in total. The van der Waals surface area contributed by atoms with Crippen LogP contribution in [-0.4, -0.2) is 4.98 Å².